The smallest absolute Gasteiger partial charge is 0.335 e. The summed E-state index contributed by atoms with van der Waals surface area (Å²) in [5.74, 6) is -1.13. The number of carbonyl (C=O) groups is 1. The lowest BCUT2D eigenvalue weighted by molar-refractivity contribution is 0.0697. The summed E-state index contributed by atoms with van der Waals surface area (Å²) in [6, 6.07) is 22.0. The van der Waals surface area contributed by atoms with Crippen molar-refractivity contribution in [1.29, 1.82) is 0 Å². The second kappa shape index (κ2) is 8.45. The first-order valence-electron chi connectivity index (χ1n) is 9.75. The maximum absolute atomic E-state index is 13.3. The SMILES string of the molecule is O=C(O)c1ccc(N2CCN(Cc3ccccc3-c3ccc(F)cc3)CC2)cc1. The van der Waals surface area contributed by atoms with Crippen LogP contribution in [0, 0.1) is 5.82 Å². The Kier molecular flexibility index (Phi) is 5.58. The summed E-state index contributed by atoms with van der Waals surface area (Å²) >= 11 is 0. The molecule has 0 spiro atoms. The Morgan fingerprint density at radius 2 is 1.52 bits per heavy atom. The number of anilines is 1. The Labute approximate surface area is 169 Å². The van der Waals surface area contributed by atoms with Crippen LogP contribution in [0.3, 0.4) is 0 Å². The van der Waals surface area contributed by atoms with E-state index < -0.39 is 5.97 Å². The van der Waals surface area contributed by atoms with Gasteiger partial charge in [-0.3, -0.25) is 4.90 Å². The summed E-state index contributed by atoms with van der Waals surface area (Å²) in [6.45, 7) is 4.49. The Morgan fingerprint density at radius 1 is 0.862 bits per heavy atom. The highest BCUT2D eigenvalue weighted by molar-refractivity contribution is 5.88. The van der Waals surface area contributed by atoms with Crippen molar-refractivity contribution >= 4 is 11.7 Å². The average molecular weight is 390 g/mol. The quantitative estimate of drug-likeness (QED) is 0.696. The van der Waals surface area contributed by atoms with Gasteiger partial charge in [-0.2, -0.15) is 0 Å². The van der Waals surface area contributed by atoms with Gasteiger partial charge in [0.05, 0.1) is 5.56 Å². The zero-order valence-corrected chi connectivity index (χ0v) is 16.1. The molecule has 0 bridgehead atoms. The Bertz CT molecular complexity index is 979. The highest BCUT2D eigenvalue weighted by Gasteiger charge is 2.19. The average Bonchev–Trinajstić information content (AvgIpc) is 2.75. The zero-order chi connectivity index (χ0) is 20.2. The summed E-state index contributed by atoms with van der Waals surface area (Å²) < 4.78 is 13.3. The number of carboxylic acid groups (broad SMARTS) is 1. The molecule has 1 saturated heterocycles. The van der Waals surface area contributed by atoms with Gasteiger partial charge in [-0.1, -0.05) is 36.4 Å². The van der Waals surface area contributed by atoms with E-state index in [-0.39, 0.29) is 5.82 Å². The normalized spacial score (nSPS) is 14.7. The maximum atomic E-state index is 13.3. The number of aromatic carboxylic acids is 1. The van der Waals surface area contributed by atoms with Crippen LogP contribution in [0.2, 0.25) is 0 Å². The van der Waals surface area contributed by atoms with E-state index in [1.165, 1.54) is 17.7 Å². The van der Waals surface area contributed by atoms with Gasteiger partial charge in [0.2, 0.25) is 0 Å². The third kappa shape index (κ3) is 4.46. The molecule has 0 unspecified atom stereocenters. The lowest BCUT2D eigenvalue weighted by Crippen LogP contribution is -2.46. The van der Waals surface area contributed by atoms with Gasteiger partial charge in [0.25, 0.3) is 0 Å². The first kappa shape index (κ1) is 19.2. The van der Waals surface area contributed by atoms with Crippen LogP contribution in [0.4, 0.5) is 10.1 Å². The van der Waals surface area contributed by atoms with Gasteiger partial charge in [-0.25, -0.2) is 9.18 Å². The molecule has 0 aliphatic carbocycles. The fourth-order valence-electron chi connectivity index (χ4n) is 3.79. The first-order valence-corrected chi connectivity index (χ1v) is 9.75. The van der Waals surface area contributed by atoms with Crippen molar-refractivity contribution in [2.24, 2.45) is 0 Å². The van der Waals surface area contributed by atoms with Gasteiger partial charge in [0.1, 0.15) is 5.82 Å². The van der Waals surface area contributed by atoms with Crippen molar-refractivity contribution in [1.82, 2.24) is 4.90 Å². The van der Waals surface area contributed by atoms with E-state index in [1.807, 2.05) is 36.4 Å². The van der Waals surface area contributed by atoms with Crippen LogP contribution in [-0.4, -0.2) is 42.2 Å². The molecule has 4 rings (SSSR count). The summed E-state index contributed by atoms with van der Waals surface area (Å²) in [5, 5.41) is 9.04. The molecule has 4 nitrogen and oxygen atoms in total. The van der Waals surface area contributed by atoms with Crippen molar-refractivity contribution < 1.29 is 14.3 Å². The minimum atomic E-state index is -0.902. The number of carboxylic acids is 1. The molecule has 1 fully saturated rings. The molecule has 148 valence electrons. The predicted octanol–water partition coefficient (Wildman–Crippen LogP) is 4.51. The number of hydrogen-bond donors (Lipinski definition) is 1. The number of hydrogen-bond acceptors (Lipinski definition) is 3. The van der Waals surface area contributed by atoms with Crippen LogP contribution in [0.5, 0.6) is 0 Å². The second-order valence-electron chi connectivity index (χ2n) is 7.28. The van der Waals surface area contributed by atoms with Crippen LogP contribution in [0.15, 0.2) is 72.8 Å². The zero-order valence-electron chi connectivity index (χ0n) is 16.1. The van der Waals surface area contributed by atoms with E-state index in [4.69, 9.17) is 5.11 Å². The van der Waals surface area contributed by atoms with Crippen molar-refractivity contribution in [3.8, 4) is 11.1 Å². The van der Waals surface area contributed by atoms with Gasteiger partial charge >= 0.3 is 5.97 Å². The molecule has 0 atom stereocenters. The number of nitrogens with zero attached hydrogens (tertiary/aromatic N) is 2. The molecule has 0 aromatic heterocycles. The summed E-state index contributed by atoms with van der Waals surface area (Å²) in [5.41, 5.74) is 4.77. The highest BCUT2D eigenvalue weighted by atomic mass is 19.1. The summed E-state index contributed by atoms with van der Waals surface area (Å²) in [6.07, 6.45) is 0. The van der Waals surface area contributed by atoms with Gasteiger partial charge in [-0.05, 0) is 53.1 Å². The van der Waals surface area contributed by atoms with Crippen LogP contribution in [0.1, 0.15) is 15.9 Å². The lowest BCUT2D eigenvalue weighted by atomic mass is 9.99. The topological polar surface area (TPSA) is 43.8 Å². The van der Waals surface area contributed by atoms with Crippen molar-refractivity contribution in [2.45, 2.75) is 6.54 Å². The standard InChI is InChI=1S/C24H23FN2O2/c25-21-9-5-18(6-10-21)23-4-2-1-3-20(23)17-26-13-15-27(16-14-26)22-11-7-19(8-12-22)24(28)29/h1-12H,13-17H2,(H,28,29). The Hall–Kier alpha value is -3.18. The third-order valence-electron chi connectivity index (χ3n) is 5.42. The number of piperazine rings is 1. The van der Waals surface area contributed by atoms with Gasteiger partial charge < -0.3 is 10.0 Å². The highest BCUT2D eigenvalue weighted by Crippen LogP contribution is 2.26. The fourth-order valence-corrected chi connectivity index (χ4v) is 3.79. The monoisotopic (exact) mass is 390 g/mol. The first-order chi connectivity index (χ1) is 14.1. The molecule has 3 aromatic rings. The van der Waals surface area contributed by atoms with Crippen LogP contribution in [0.25, 0.3) is 11.1 Å². The molecular weight excluding hydrogens is 367 g/mol. The third-order valence-corrected chi connectivity index (χ3v) is 5.42. The molecule has 0 saturated carbocycles. The molecule has 1 aliphatic rings. The molecule has 29 heavy (non-hydrogen) atoms. The van der Waals surface area contributed by atoms with E-state index in [9.17, 15) is 9.18 Å². The van der Waals surface area contributed by atoms with E-state index in [2.05, 4.69) is 21.9 Å². The number of halogens is 1. The van der Waals surface area contributed by atoms with E-state index in [0.717, 1.165) is 49.5 Å². The van der Waals surface area contributed by atoms with Gasteiger partial charge in [0, 0.05) is 38.4 Å². The van der Waals surface area contributed by atoms with E-state index in [0.29, 0.717) is 5.56 Å². The maximum Gasteiger partial charge on any atom is 0.335 e. The summed E-state index contributed by atoms with van der Waals surface area (Å²) in [4.78, 5) is 15.7. The minimum absolute atomic E-state index is 0.223. The van der Waals surface area contributed by atoms with Crippen LogP contribution in [-0.2, 0) is 6.54 Å². The number of benzene rings is 3. The predicted molar refractivity (Wildman–Crippen MR) is 113 cm³/mol. The van der Waals surface area contributed by atoms with E-state index >= 15 is 0 Å². The van der Waals surface area contributed by atoms with Gasteiger partial charge in [-0.15, -0.1) is 0 Å². The molecule has 1 heterocycles. The molecule has 0 amide bonds. The number of rotatable bonds is 5. The molecular formula is C24H23FN2O2. The lowest BCUT2D eigenvalue weighted by Gasteiger charge is -2.36. The van der Waals surface area contributed by atoms with Crippen molar-refractivity contribution in [3.63, 3.8) is 0 Å². The molecule has 0 radical (unpaired) electrons. The van der Waals surface area contributed by atoms with Crippen molar-refractivity contribution in [3.05, 3.63) is 89.7 Å². The molecule has 1 aliphatic heterocycles. The van der Waals surface area contributed by atoms with E-state index in [1.54, 1.807) is 12.1 Å². The fraction of sp³-hybridized carbons (Fsp3) is 0.208. The van der Waals surface area contributed by atoms with Gasteiger partial charge in [0.15, 0.2) is 0 Å². The molecule has 1 N–H and O–H groups in total. The second-order valence-corrected chi connectivity index (χ2v) is 7.28. The Morgan fingerprint density at radius 3 is 2.17 bits per heavy atom. The minimum Gasteiger partial charge on any atom is -0.478 e. The van der Waals surface area contributed by atoms with Crippen molar-refractivity contribution in [2.75, 3.05) is 31.1 Å². The molecule has 3 aromatic carbocycles. The Balaban J connectivity index is 1.41. The molecule has 5 heteroatoms. The van der Waals surface area contributed by atoms with Crippen LogP contribution < -0.4 is 4.90 Å². The summed E-state index contributed by atoms with van der Waals surface area (Å²) in [7, 11) is 0. The van der Waals surface area contributed by atoms with Crippen LogP contribution >= 0.6 is 0 Å². The largest absolute Gasteiger partial charge is 0.478 e.